The molecule has 0 unspecified atom stereocenters. The highest BCUT2D eigenvalue weighted by Gasteiger charge is 2.09. The van der Waals surface area contributed by atoms with Crippen LogP contribution >= 0.6 is 0 Å². The van der Waals surface area contributed by atoms with Crippen LogP contribution in [0.15, 0.2) is 0 Å². The van der Waals surface area contributed by atoms with Crippen molar-refractivity contribution in [2.24, 2.45) is 0 Å². The second-order valence-electron chi connectivity index (χ2n) is 3.77. The molecule has 0 N–H and O–H groups in total. The van der Waals surface area contributed by atoms with Crippen LogP contribution in [0.25, 0.3) is 0 Å². The van der Waals surface area contributed by atoms with E-state index in [0.29, 0.717) is 0 Å². The lowest BCUT2D eigenvalue weighted by Crippen LogP contribution is -2.32. The summed E-state index contributed by atoms with van der Waals surface area (Å²) in [6.45, 7) is 4.45. The maximum atomic E-state index is 10.2. The topological polar surface area (TPSA) is 23.6 Å². The number of likely N-dealkylation sites (tertiary alicyclic amines) is 1. The summed E-state index contributed by atoms with van der Waals surface area (Å²) in [6.07, 6.45) is 7.02. The van der Waals surface area contributed by atoms with E-state index in [1.165, 1.54) is 32.4 Å². The second kappa shape index (κ2) is 5.97. The molecule has 75 valence electrons. The van der Waals surface area contributed by atoms with Crippen molar-refractivity contribution in [2.45, 2.75) is 25.7 Å². The highest BCUT2D eigenvalue weighted by molar-refractivity contribution is 5.47. The third kappa shape index (κ3) is 4.27. The van der Waals surface area contributed by atoms with Crippen molar-refractivity contribution in [2.75, 3.05) is 33.2 Å². The van der Waals surface area contributed by atoms with E-state index in [1.54, 1.807) is 11.9 Å². The largest absolute Gasteiger partial charge is 0.337 e. The molecule has 3 nitrogen and oxygen atoms in total. The molecule has 0 aromatic rings. The van der Waals surface area contributed by atoms with Crippen LogP contribution in [0.4, 0.5) is 0 Å². The van der Waals surface area contributed by atoms with E-state index >= 15 is 0 Å². The van der Waals surface area contributed by atoms with E-state index in [-0.39, 0.29) is 0 Å². The minimum Gasteiger partial charge on any atom is -0.337 e. The smallest absolute Gasteiger partial charge is 0.311 e. The molecule has 0 aromatic heterocycles. The Hall–Kier alpha value is -0.570. The van der Waals surface area contributed by atoms with Gasteiger partial charge in [0.25, 0.3) is 0 Å². The molecule has 0 aliphatic carbocycles. The quantitative estimate of drug-likeness (QED) is 0.590. The van der Waals surface area contributed by atoms with Crippen LogP contribution in [0, 0.1) is 0 Å². The van der Waals surface area contributed by atoms with Crippen LogP contribution in [-0.2, 0) is 4.79 Å². The Bertz CT molecular complexity index is 144. The van der Waals surface area contributed by atoms with Crippen molar-refractivity contribution in [1.82, 2.24) is 9.80 Å². The van der Waals surface area contributed by atoms with Crippen molar-refractivity contribution < 1.29 is 4.79 Å². The Kier molecular flexibility index (Phi) is 4.83. The van der Waals surface area contributed by atoms with Crippen LogP contribution < -0.4 is 0 Å². The number of hydrogen-bond acceptors (Lipinski definition) is 2. The summed E-state index contributed by atoms with van der Waals surface area (Å²) < 4.78 is 0. The van der Waals surface area contributed by atoms with Gasteiger partial charge in [0.2, 0.25) is 0 Å². The van der Waals surface area contributed by atoms with Gasteiger partial charge < -0.3 is 9.80 Å². The SMILES string of the molecule is CN([C]=O)CCCN1CCCCC1. The second-order valence-corrected chi connectivity index (χ2v) is 3.77. The van der Waals surface area contributed by atoms with E-state index in [4.69, 9.17) is 0 Å². The zero-order valence-electron chi connectivity index (χ0n) is 8.46. The molecule has 1 aliphatic heterocycles. The lowest BCUT2D eigenvalue weighted by molar-refractivity contribution is 0.220. The standard InChI is InChI=1S/C10H19N2O/c1-11(10-13)6-5-9-12-7-3-2-4-8-12/h2-9H2,1H3. The van der Waals surface area contributed by atoms with Crippen molar-refractivity contribution in [3.05, 3.63) is 0 Å². The predicted molar refractivity (Wildman–Crippen MR) is 53.2 cm³/mol. The van der Waals surface area contributed by atoms with Gasteiger partial charge in [0.05, 0.1) is 0 Å². The third-order valence-corrected chi connectivity index (χ3v) is 2.57. The molecule has 0 saturated carbocycles. The number of piperidine rings is 1. The molecule has 1 aliphatic rings. The Labute approximate surface area is 80.7 Å². The number of carbonyl (C=O) groups excluding carboxylic acids is 1. The van der Waals surface area contributed by atoms with Crippen molar-refractivity contribution in [1.29, 1.82) is 0 Å². The molecular formula is C10H19N2O. The lowest BCUT2D eigenvalue weighted by Gasteiger charge is -2.26. The van der Waals surface area contributed by atoms with Crippen LogP contribution in [0.1, 0.15) is 25.7 Å². The van der Waals surface area contributed by atoms with Gasteiger partial charge in [-0.25, -0.2) is 0 Å². The van der Waals surface area contributed by atoms with E-state index in [2.05, 4.69) is 4.90 Å². The highest BCUT2D eigenvalue weighted by atomic mass is 16.1. The number of nitrogens with zero attached hydrogens (tertiary/aromatic N) is 2. The molecule has 1 fully saturated rings. The fraction of sp³-hybridized carbons (Fsp3) is 0.900. The maximum Gasteiger partial charge on any atom is 0.311 e. The number of rotatable bonds is 5. The minimum absolute atomic E-state index is 0.833. The molecule has 0 aromatic carbocycles. The van der Waals surface area contributed by atoms with Crippen molar-refractivity contribution >= 4 is 6.41 Å². The van der Waals surface area contributed by atoms with Gasteiger partial charge in [-0.3, -0.25) is 4.79 Å². The normalized spacial score (nSPS) is 18.5. The zero-order chi connectivity index (χ0) is 9.52. The summed E-state index contributed by atoms with van der Waals surface area (Å²) in [6, 6.07) is 0. The highest BCUT2D eigenvalue weighted by Crippen LogP contribution is 2.08. The molecule has 1 saturated heterocycles. The first kappa shape index (κ1) is 10.5. The Morgan fingerprint density at radius 3 is 2.62 bits per heavy atom. The Morgan fingerprint density at radius 1 is 1.31 bits per heavy atom. The summed E-state index contributed by atoms with van der Waals surface area (Å²) in [5.41, 5.74) is 0. The van der Waals surface area contributed by atoms with Crippen LogP contribution in [0.3, 0.4) is 0 Å². The first-order valence-electron chi connectivity index (χ1n) is 5.14. The Balaban J connectivity index is 2.01. The van der Waals surface area contributed by atoms with E-state index in [0.717, 1.165) is 19.5 Å². The molecule has 0 atom stereocenters. The molecule has 1 amide bonds. The summed E-state index contributed by atoms with van der Waals surface area (Å²) >= 11 is 0. The van der Waals surface area contributed by atoms with Crippen LogP contribution in [-0.4, -0.2) is 49.4 Å². The average molecular weight is 183 g/mol. The summed E-state index contributed by atoms with van der Waals surface area (Å²) in [5, 5.41) is 0. The van der Waals surface area contributed by atoms with E-state index in [9.17, 15) is 4.79 Å². The number of hydrogen-bond donors (Lipinski definition) is 0. The van der Waals surface area contributed by atoms with Gasteiger partial charge >= 0.3 is 6.41 Å². The molecule has 1 heterocycles. The molecule has 0 bridgehead atoms. The lowest BCUT2D eigenvalue weighted by atomic mass is 10.1. The molecule has 1 rings (SSSR count). The van der Waals surface area contributed by atoms with Crippen molar-refractivity contribution in [3.8, 4) is 0 Å². The minimum atomic E-state index is 0.833. The van der Waals surface area contributed by atoms with E-state index in [1.807, 2.05) is 6.41 Å². The van der Waals surface area contributed by atoms with Gasteiger partial charge in [-0.05, 0) is 38.9 Å². The first-order valence-corrected chi connectivity index (χ1v) is 5.14. The molecular weight excluding hydrogens is 164 g/mol. The van der Waals surface area contributed by atoms with Gasteiger partial charge in [0.15, 0.2) is 0 Å². The molecule has 0 spiro atoms. The van der Waals surface area contributed by atoms with Gasteiger partial charge in [0.1, 0.15) is 0 Å². The summed E-state index contributed by atoms with van der Waals surface area (Å²) in [5.74, 6) is 0. The monoisotopic (exact) mass is 183 g/mol. The first-order chi connectivity index (χ1) is 6.33. The summed E-state index contributed by atoms with van der Waals surface area (Å²) in [7, 11) is 1.78. The Morgan fingerprint density at radius 2 is 2.00 bits per heavy atom. The fourth-order valence-corrected chi connectivity index (χ4v) is 1.76. The van der Waals surface area contributed by atoms with Gasteiger partial charge in [-0.2, -0.15) is 0 Å². The van der Waals surface area contributed by atoms with E-state index < -0.39 is 0 Å². The molecule has 1 radical (unpaired) electrons. The van der Waals surface area contributed by atoms with Gasteiger partial charge in [-0.1, -0.05) is 6.42 Å². The molecule has 13 heavy (non-hydrogen) atoms. The van der Waals surface area contributed by atoms with Gasteiger partial charge in [-0.15, -0.1) is 0 Å². The molecule has 3 heteroatoms. The zero-order valence-corrected chi connectivity index (χ0v) is 8.46. The van der Waals surface area contributed by atoms with Crippen molar-refractivity contribution in [3.63, 3.8) is 0 Å². The average Bonchev–Trinajstić information content (AvgIpc) is 2.19. The van der Waals surface area contributed by atoms with Crippen LogP contribution in [0.2, 0.25) is 0 Å². The van der Waals surface area contributed by atoms with Gasteiger partial charge in [0, 0.05) is 13.6 Å². The predicted octanol–water partition coefficient (Wildman–Crippen LogP) is 0.861. The number of amides is 1. The third-order valence-electron chi connectivity index (χ3n) is 2.57. The van der Waals surface area contributed by atoms with Crippen LogP contribution in [0.5, 0.6) is 0 Å². The summed E-state index contributed by atoms with van der Waals surface area (Å²) in [4.78, 5) is 14.2. The fourth-order valence-electron chi connectivity index (χ4n) is 1.76. The maximum absolute atomic E-state index is 10.2.